The van der Waals surface area contributed by atoms with Gasteiger partial charge in [-0.05, 0) is 69.0 Å². The highest BCUT2D eigenvalue weighted by Gasteiger charge is 2.89. The lowest BCUT2D eigenvalue weighted by Crippen LogP contribution is -2.91. The molecule has 178 valence electrons. The summed E-state index contributed by atoms with van der Waals surface area (Å²) < 4.78 is 15.9. The molecule has 0 unspecified atom stereocenters. The molecule has 2 saturated heterocycles. The normalized spacial score (nSPS) is 42.4. The Bertz CT molecular complexity index is 1060. The zero-order valence-corrected chi connectivity index (χ0v) is 19.2. The average molecular weight is 459 g/mol. The fourth-order valence-corrected chi connectivity index (χ4v) is 8.84. The number of anilines is 1. The fourth-order valence-electron chi connectivity index (χ4n) is 8.84. The zero-order chi connectivity index (χ0) is 23.4. The lowest BCUT2D eigenvalue weighted by atomic mass is 9.36. The molecule has 2 bridgehead atoms. The predicted octanol–water partition coefficient (Wildman–Crippen LogP) is 1.19. The highest BCUT2D eigenvalue weighted by atomic mass is 16.6. The molecule has 1 amide bonds. The summed E-state index contributed by atoms with van der Waals surface area (Å²) in [6.07, 6.45) is 1.11. The number of carbonyl (C=O) groups excluding carboxylic acids is 2. The molecule has 3 aliphatic heterocycles. The van der Waals surface area contributed by atoms with E-state index in [-0.39, 0.29) is 6.04 Å². The lowest BCUT2D eigenvalue weighted by molar-refractivity contribution is -0.280. The quantitative estimate of drug-likeness (QED) is 0.636. The molecule has 9 heteroatoms. The van der Waals surface area contributed by atoms with E-state index in [0.717, 1.165) is 25.1 Å². The number of nitrogens with zero attached hydrogens (tertiary/aromatic N) is 2. The number of piperidine rings is 1. The number of fused-ring (bicyclic) bond motifs is 3. The summed E-state index contributed by atoms with van der Waals surface area (Å²) in [5.74, 6) is -0.276. The van der Waals surface area contributed by atoms with Crippen molar-refractivity contribution in [1.29, 1.82) is 0 Å². The second-order valence-electron chi connectivity index (χ2n) is 10.2. The van der Waals surface area contributed by atoms with E-state index in [1.165, 1.54) is 19.1 Å². The maximum Gasteiger partial charge on any atom is 0.414 e. The Morgan fingerprint density at radius 2 is 1.85 bits per heavy atom. The average Bonchev–Trinajstić information content (AvgIpc) is 3.37. The largest absolute Gasteiger partial charge is 0.497 e. The molecule has 2 N–H and O–H groups in total. The van der Waals surface area contributed by atoms with Crippen molar-refractivity contribution in [3.05, 3.63) is 23.8 Å². The summed E-state index contributed by atoms with van der Waals surface area (Å²) in [6, 6.07) is 5.36. The van der Waals surface area contributed by atoms with Gasteiger partial charge in [0.1, 0.15) is 17.4 Å². The summed E-state index contributed by atoms with van der Waals surface area (Å²) >= 11 is 0. The predicted molar refractivity (Wildman–Crippen MR) is 116 cm³/mol. The van der Waals surface area contributed by atoms with Gasteiger partial charge in [0.05, 0.1) is 27.0 Å². The van der Waals surface area contributed by atoms with Crippen LogP contribution in [-0.4, -0.2) is 84.9 Å². The van der Waals surface area contributed by atoms with Crippen molar-refractivity contribution >= 4 is 17.7 Å². The first kappa shape index (κ1) is 21.2. The molecule has 1 aromatic carbocycles. The van der Waals surface area contributed by atoms with Crippen LogP contribution in [0.5, 0.6) is 5.75 Å². The first-order valence-corrected chi connectivity index (χ1v) is 11.6. The molecule has 7 rings (SSSR count). The Hall–Kier alpha value is -2.36. The molecule has 3 saturated carbocycles. The molecule has 6 atom stereocenters. The van der Waals surface area contributed by atoms with Crippen LogP contribution in [0.2, 0.25) is 0 Å². The number of aliphatic hydroxyl groups is 2. The molecule has 33 heavy (non-hydrogen) atoms. The fraction of sp³-hybridized carbons (Fsp3) is 0.667. The number of ether oxygens (including phenoxy) is 3. The molecule has 9 nitrogen and oxygen atoms in total. The van der Waals surface area contributed by atoms with E-state index in [4.69, 9.17) is 14.2 Å². The summed E-state index contributed by atoms with van der Waals surface area (Å²) in [6.45, 7) is 1.63. The number of carbonyl (C=O) groups is 2. The summed E-state index contributed by atoms with van der Waals surface area (Å²) in [5, 5.41) is 24.3. The monoisotopic (exact) mass is 458 g/mol. The molecule has 6 aliphatic rings. The minimum absolute atomic E-state index is 0.132. The molecular formula is C24H30N2O7. The summed E-state index contributed by atoms with van der Waals surface area (Å²) in [4.78, 5) is 30.7. The van der Waals surface area contributed by atoms with E-state index < -0.39 is 40.1 Å². The number of methoxy groups -OCH3 is 3. The van der Waals surface area contributed by atoms with Crippen molar-refractivity contribution in [2.24, 2.45) is 5.41 Å². The number of aliphatic hydroxyl groups excluding tert-OH is 1. The van der Waals surface area contributed by atoms with E-state index in [1.54, 1.807) is 19.2 Å². The summed E-state index contributed by atoms with van der Waals surface area (Å²) in [5.41, 5.74) is -3.79. The number of rotatable bonds is 2. The van der Waals surface area contributed by atoms with Crippen molar-refractivity contribution in [3.63, 3.8) is 0 Å². The van der Waals surface area contributed by atoms with Crippen molar-refractivity contribution in [2.75, 3.05) is 39.3 Å². The SMILES string of the molecule is COC(=O)N1c2ccc(OC)cc2[C@@]23CCN4CCC[C@]5(CC[C@]12[C@](O)(C(=O)OC)[C@H]5O)[C@H]43. The van der Waals surface area contributed by atoms with Crippen LogP contribution in [0.1, 0.15) is 37.7 Å². The van der Waals surface area contributed by atoms with Crippen molar-refractivity contribution in [2.45, 2.75) is 60.8 Å². The van der Waals surface area contributed by atoms with Crippen molar-refractivity contribution in [3.8, 4) is 5.75 Å². The van der Waals surface area contributed by atoms with Gasteiger partial charge in [0, 0.05) is 16.9 Å². The molecule has 3 heterocycles. The van der Waals surface area contributed by atoms with Crippen LogP contribution in [-0.2, 0) is 19.7 Å². The third-order valence-electron chi connectivity index (χ3n) is 9.68. The van der Waals surface area contributed by atoms with Gasteiger partial charge in [-0.3, -0.25) is 9.80 Å². The highest BCUT2D eigenvalue weighted by molar-refractivity contribution is 5.99. The molecule has 0 aromatic heterocycles. The Labute approximate surface area is 192 Å². The van der Waals surface area contributed by atoms with Gasteiger partial charge in [0.25, 0.3) is 0 Å². The van der Waals surface area contributed by atoms with Gasteiger partial charge < -0.3 is 24.4 Å². The molecule has 3 aliphatic carbocycles. The number of benzene rings is 1. The van der Waals surface area contributed by atoms with Gasteiger partial charge in [0.15, 0.2) is 0 Å². The minimum Gasteiger partial charge on any atom is -0.497 e. The number of amides is 1. The first-order valence-electron chi connectivity index (χ1n) is 11.6. The maximum atomic E-state index is 13.5. The van der Waals surface area contributed by atoms with Crippen LogP contribution in [0.3, 0.4) is 0 Å². The topological polar surface area (TPSA) is 109 Å². The van der Waals surface area contributed by atoms with Gasteiger partial charge in [-0.15, -0.1) is 0 Å². The van der Waals surface area contributed by atoms with Crippen LogP contribution in [0.4, 0.5) is 10.5 Å². The Morgan fingerprint density at radius 1 is 1.06 bits per heavy atom. The highest BCUT2D eigenvalue weighted by Crippen LogP contribution is 2.77. The molecule has 0 radical (unpaired) electrons. The minimum atomic E-state index is -2.32. The van der Waals surface area contributed by atoms with Gasteiger partial charge in [0.2, 0.25) is 5.60 Å². The third-order valence-corrected chi connectivity index (χ3v) is 9.68. The molecule has 1 aromatic rings. The van der Waals surface area contributed by atoms with Crippen LogP contribution in [0, 0.1) is 5.41 Å². The standard InChI is InChI=1S/C24H30N2O7/c1-31-14-5-6-16-15(13-14)22-10-12-25-11-4-7-21(17(22)25)8-9-23(22,26(16)20(29)33-3)24(30,18(21)27)19(28)32-2/h5-6,13,17-18,27,30H,4,7-12H2,1-3H3/t17-,18-,21-,22+,23-,24+/m0/s1. The van der Waals surface area contributed by atoms with Crippen LogP contribution in [0.25, 0.3) is 0 Å². The first-order chi connectivity index (χ1) is 15.8. The van der Waals surface area contributed by atoms with Crippen molar-refractivity contribution < 1.29 is 34.0 Å². The van der Waals surface area contributed by atoms with Crippen LogP contribution >= 0.6 is 0 Å². The maximum absolute atomic E-state index is 13.5. The number of esters is 1. The summed E-state index contributed by atoms with van der Waals surface area (Å²) in [7, 11) is 4.09. The number of hydrogen-bond acceptors (Lipinski definition) is 8. The Kier molecular flexibility index (Phi) is 4.11. The Morgan fingerprint density at radius 3 is 2.55 bits per heavy atom. The number of hydrogen-bond donors (Lipinski definition) is 2. The molecule has 5 fully saturated rings. The zero-order valence-electron chi connectivity index (χ0n) is 19.2. The van der Waals surface area contributed by atoms with E-state index in [1.807, 2.05) is 6.07 Å². The van der Waals surface area contributed by atoms with Gasteiger partial charge in [-0.2, -0.15) is 0 Å². The van der Waals surface area contributed by atoms with E-state index in [0.29, 0.717) is 37.1 Å². The third kappa shape index (κ3) is 1.92. The smallest absolute Gasteiger partial charge is 0.414 e. The van der Waals surface area contributed by atoms with Gasteiger partial charge >= 0.3 is 12.1 Å². The van der Waals surface area contributed by atoms with Crippen molar-refractivity contribution in [1.82, 2.24) is 4.90 Å². The van der Waals surface area contributed by atoms with Gasteiger partial charge in [-0.1, -0.05) is 0 Å². The van der Waals surface area contributed by atoms with E-state index in [2.05, 4.69) is 4.90 Å². The van der Waals surface area contributed by atoms with E-state index >= 15 is 0 Å². The van der Waals surface area contributed by atoms with Gasteiger partial charge in [-0.25, -0.2) is 9.59 Å². The van der Waals surface area contributed by atoms with Crippen LogP contribution in [0.15, 0.2) is 18.2 Å². The Balaban J connectivity index is 1.76. The van der Waals surface area contributed by atoms with E-state index in [9.17, 15) is 19.8 Å². The molecular weight excluding hydrogens is 428 g/mol. The molecule has 3 spiro atoms. The lowest BCUT2D eigenvalue weighted by Gasteiger charge is -2.73. The van der Waals surface area contributed by atoms with Crippen LogP contribution < -0.4 is 9.64 Å². The second-order valence-corrected chi connectivity index (χ2v) is 10.2. The second kappa shape index (κ2) is 6.40.